The van der Waals surface area contributed by atoms with Crippen LogP contribution >= 0.6 is 0 Å². The first-order chi connectivity index (χ1) is 10.7. The average Bonchev–Trinajstić information content (AvgIpc) is 2.55. The Morgan fingerprint density at radius 2 is 1.55 bits per heavy atom. The molecule has 0 bridgehead atoms. The van der Waals surface area contributed by atoms with Gasteiger partial charge in [-0.1, -0.05) is 42.0 Å². The highest BCUT2D eigenvalue weighted by Crippen LogP contribution is 2.45. The predicted octanol–water partition coefficient (Wildman–Crippen LogP) is 3.86. The number of benzene rings is 2. The Bertz CT molecular complexity index is 701. The molecule has 22 heavy (non-hydrogen) atoms. The van der Waals surface area contributed by atoms with Gasteiger partial charge < -0.3 is 14.6 Å². The molecule has 0 radical (unpaired) electrons. The molecule has 0 spiro atoms. The average molecular weight is 296 g/mol. The van der Waals surface area contributed by atoms with Gasteiger partial charge in [-0.25, -0.2) is 0 Å². The van der Waals surface area contributed by atoms with Crippen LogP contribution in [0, 0.1) is 6.92 Å². The summed E-state index contributed by atoms with van der Waals surface area (Å²) in [7, 11) is 3.25. The van der Waals surface area contributed by atoms with E-state index in [1.807, 2.05) is 24.3 Å². The number of hydrogen-bond donors (Lipinski definition) is 1. The lowest BCUT2D eigenvalue weighted by atomic mass is 9.81. The predicted molar refractivity (Wildman–Crippen MR) is 87.5 cm³/mol. The van der Waals surface area contributed by atoms with Crippen molar-refractivity contribution in [2.75, 3.05) is 14.2 Å². The highest BCUT2D eigenvalue weighted by atomic mass is 16.5. The van der Waals surface area contributed by atoms with Gasteiger partial charge in [-0.15, -0.1) is 0 Å². The molecule has 0 saturated heterocycles. The van der Waals surface area contributed by atoms with Crippen LogP contribution in [0.25, 0.3) is 6.08 Å². The van der Waals surface area contributed by atoms with Gasteiger partial charge in [0.1, 0.15) is 11.5 Å². The molecule has 3 rings (SSSR count). The lowest BCUT2D eigenvalue weighted by Crippen LogP contribution is -2.15. The van der Waals surface area contributed by atoms with E-state index in [0.717, 1.165) is 22.4 Å². The summed E-state index contributed by atoms with van der Waals surface area (Å²) in [5, 5.41) is 10.9. The Balaban J connectivity index is 2.09. The molecule has 3 nitrogen and oxygen atoms in total. The SMILES string of the molecule is COc1ccc(OC)c2c1C=CC(c1ccc(C)cc1)C2O. The molecule has 1 N–H and O–H groups in total. The highest BCUT2D eigenvalue weighted by Gasteiger charge is 2.30. The summed E-state index contributed by atoms with van der Waals surface area (Å²) in [5.74, 6) is 1.34. The van der Waals surface area contributed by atoms with Crippen molar-refractivity contribution in [1.29, 1.82) is 0 Å². The van der Waals surface area contributed by atoms with E-state index in [0.29, 0.717) is 5.75 Å². The van der Waals surface area contributed by atoms with E-state index in [1.165, 1.54) is 5.56 Å². The first-order valence-corrected chi connectivity index (χ1v) is 7.33. The Labute approximate surface area is 130 Å². The first kappa shape index (κ1) is 14.7. The fraction of sp³-hybridized carbons (Fsp3) is 0.263. The number of aliphatic hydroxyl groups excluding tert-OH is 1. The van der Waals surface area contributed by atoms with Crippen LogP contribution < -0.4 is 9.47 Å². The fourth-order valence-corrected chi connectivity index (χ4v) is 3.00. The minimum absolute atomic E-state index is 0.0888. The summed E-state index contributed by atoms with van der Waals surface area (Å²) in [5.41, 5.74) is 3.97. The van der Waals surface area contributed by atoms with E-state index in [4.69, 9.17) is 9.47 Å². The molecule has 0 heterocycles. The molecule has 0 saturated carbocycles. The van der Waals surface area contributed by atoms with Crippen molar-refractivity contribution in [3.63, 3.8) is 0 Å². The molecule has 2 aromatic carbocycles. The van der Waals surface area contributed by atoms with E-state index in [2.05, 4.69) is 31.2 Å². The normalized spacial score (nSPS) is 19.6. The number of rotatable bonds is 3. The minimum Gasteiger partial charge on any atom is -0.496 e. The lowest BCUT2D eigenvalue weighted by molar-refractivity contribution is 0.155. The second-order valence-corrected chi connectivity index (χ2v) is 5.54. The highest BCUT2D eigenvalue weighted by molar-refractivity contribution is 5.69. The zero-order chi connectivity index (χ0) is 15.7. The van der Waals surface area contributed by atoms with Gasteiger partial charge in [-0.3, -0.25) is 0 Å². The molecule has 2 atom stereocenters. The molecule has 2 aromatic rings. The van der Waals surface area contributed by atoms with E-state index >= 15 is 0 Å². The van der Waals surface area contributed by atoms with Crippen molar-refractivity contribution in [3.05, 3.63) is 64.7 Å². The van der Waals surface area contributed by atoms with Crippen LogP contribution in [0.4, 0.5) is 0 Å². The third kappa shape index (κ3) is 2.38. The minimum atomic E-state index is -0.659. The largest absolute Gasteiger partial charge is 0.496 e. The molecule has 0 amide bonds. The van der Waals surface area contributed by atoms with E-state index < -0.39 is 6.10 Å². The number of ether oxygens (including phenoxy) is 2. The van der Waals surface area contributed by atoms with Crippen molar-refractivity contribution in [3.8, 4) is 11.5 Å². The molecule has 2 unspecified atom stereocenters. The topological polar surface area (TPSA) is 38.7 Å². The van der Waals surface area contributed by atoms with Crippen molar-refractivity contribution in [2.45, 2.75) is 18.9 Å². The summed E-state index contributed by atoms with van der Waals surface area (Å²) >= 11 is 0. The van der Waals surface area contributed by atoms with E-state index in [1.54, 1.807) is 14.2 Å². The number of aryl methyl sites for hydroxylation is 1. The van der Waals surface area contributed by atoms with Crippen LogP contribution in [0.1, 0.15) is 34.3 Å². The summed E-state index contributed by atoms with van der Waals surface area (Å²) in [4.78, 5) is 0. The number of fused-ring (bicyclic) bond motifs is 1. The maximum atomic E-state index is 10.9. The van der Waals surface area contributed by atoms with Gasteiger partial charge >= 0.3 is 0 Å². The van der Waals surface area contributed by atoms with Gasteiger partial charge in [0.15, 0.2) is 0 Å². The van der Waals surface area contributed by atoms with Gasteiger partial charge in [0.25, 0.3) is 0 Å². The number of aliphatic hydroxyl groups is 1. The Morgan fingerprint density at radius 1 is 0.909 bits per heavy atom. The molecule has 114 valence electrons. The van der Waals surface area contributed by atoms with Gasteiger partial charge in [-0.2, -0.15) is 0 Å². The number of hydrogen-bond acceptors (Lipinski definition) is 3. The molecular weight excluding hydrogens is 276 g/mol. The van der Waals surface area contributed by atoms with Crippen molar-refractivity contribution < 1.29 is 14.6 Å². The summed E-state index contributed by atoms with van der Waals surface area (Å²) in [6.45, 7) is 2.06. The van der Waals surface area contributed by atoms with Crippen LogP contribution in [-0.2, 0) is 0 Å². The smallest absolute Gasteiger partial charge is 0.126 e. The van der Waals surface area contributed by atoms with Crippen LogP contribution in [0.2, 0.25) is 0 Å². The molecule has 0 aliphatic heterocycles. The molecule has 0 fully saturated rings. The van der Waals surface area contributed by atoms with Crippen LogP contribution in [-0.4, -0.2) is 19.3 Å². The second-order valence-electron chi connectivity index (χ2n) is 5.54. The van der Waals surface area contributed by atoms with Crippen LogP contribution in [0.3, 0.4) is 0 Å². The van der Waals surface area contributed by atoms with Gasteiger partial charge in [-0.05, 0) is 24.6 Å². The van der Waals surface area contributed by atoms with Gasteiger partial charge in [0, 0.05) is 17.0 Å². The Morgan fingerprint density at radius 3 is 2.18 bits per heavy atom. The van der Waals surface area contributed by atoms with Gasteiger partial charge in [0.2, 0.25) is 0 Å². The molecule has 1 aliphatic carbocycles. The third-order valence-corrected chi connectivity index (χ3v) is 4.22. The lowest BCUT2D eigenvalue weighted by Gasteiger charge is -2.28. The maximum Gasteiger partial charge on any atom is 0.126 e. The third-order valence-electron chi connectivity index (χ3n) is 4.22. The molecule has 1 aliphatic rings. The maximum absolute atomic E-state index is 10.9. The fourth-order valence-electron chi connectivity index (χ4n) is 3.00. The quantitative estimate of drug-likeness (QED) is 0.935. The molecular formula is C19H20O3. The molecule has 3 heteroatoms. The van der Waals surface area contributed by atoms with Crippen molar-refractivity contribution in [2.24, 2.45) is 0 Å². The summed E-state index contributed by atoms with van der Waals surface area (Å²) in [6, 6.07) is 12.0. The summed E-state index contributed by atoms with van der Waals surface area (Å²) in [6.07, 6.45) is 3.38. The van der Waals surface area contributed by atoms with E-state index in [9.17, 15) is 5.11 Å². The van der Waals surface area contributed by atoms with Crippen molar-refractivity contribution in [1.82, 2.24) is 0 Å². The standard InChI is InChI=1S/C19H20O3/c1-12-4-6-13(7-5-12)14-8-9-15-16(21-2)10-11-17(22-3)18(15)19(14)20/h4-11,14,19-20H,1-3H3. The van der Waals surface area contributed by atoms with Crippen molar-refractivity contribution >= 4 is 6.08 Å². The van der Waals surface area contributed by atoms with Crippen LogP contribution in [0.5, 0.6) is 11.5 Å². The zero-order valence-electron chi connectivity index (χ0n) is 13.0. The molecule has 0 aromatic heterocycles. The van der Waals surface area contributed by atoms with Gasteiger partial charge in [0.05, 0.1) is 20.3 Å². The number of methoxy groups -OCH3 is 2. The zero-order valence-corrected chi connectivity index (χ0v) is 13.0. The second kappa shape index (κ2) is 5.85. The van der Waals surface area contributed by atoms with E-state index in [-0.39, 0.29) is 5.92 Å². The van der Waals surface area contributed by atoms with Crippen LogP contribution in [0.15, 0.2) is 42.5 Å². The Hall–Kier alpha value is -2.26. The first-order valence-electron chi connectivity index (χ1n) is 7.33. The summed E-state index contributed by atoms with van der Waals surface area (Å²) < 4.78 is 10.8. The monoisotopic (exact) mass is 296 g/mol. The Kier molecular flexibility index (Phi) is 3.90.